The van der Waals surface area contributed by atoms with Crippen LogP contribution in [0.2, 0.25) is 0 Å². The summed E-state index contributed by atoms with van der Waals surface area (Å²) >= 11 is 0. The van der Waals surface area contributed by atoms with Crippen molar-refractivity contribution < 1.29 is 76.0 Å². The molecule has 0 aliphatic heterocycles. The standard InChI is InChI=1S/C60H64N4O16/c1-5-7-11-24-45(49(6-2)64(39-65)80-59(71)47-28-26-44(73-3)32-52(47)74-4)56(68)61-38-62-58(70)51-30-29-50(79-51)43-25-27-46(53(31-43)75-37-55(67)77-35-41-20-14-9-15-21-41)57(69)63-48(60(72)78-36-42-22-16-10-17-23-42)33-54(66)76-34-40-18-12-8-13-19-40/h8-10,12-23,25-32,39,45,48-49H,5-7,11,24,33-38H2,1-4H3,(H,61,68)(H,62,70)(H,63,69)/t45?,48?,49-/m1/s1. The highest BCUT2D eigenvalue weighted by Gasteiger charge is 2.34. The lowest BCUT2D eigenvalue weighted by atomic mass is 9.90. The third-order valence-corrected chi connectivity index (χ3v) is 12.5. The molecule has 0 saturated carbocycles. The fourth-order valence-corrected chi connectivity index (χ4v) is 8.20. The summed E-state index contributed by atoms with van der Waals surface area (Å²) in [5.74, 6) is -5.97. The van der Waals surface area contributed by atoms with E-state index in [2.05, 4.69) is 16.0 Å². The van der Waals surface area contributed by atoms with E-state index in [0.717, 1.165) is 23.5 Å². The molecule has 0 aliphatic carbocycles. The number of rotatable bonds is 31. The molecule has 0 spiro atoms. The van der Waals surface area contributed by atoms with Crippen molar-refractivity contribution in [3.05, 3.63) is 173 Å². The number of unbranched alkanes of at least 4 members (excludes halogenated alkanes) is 2. The van der Waals surface area contributed by atoms with Crippen LogP contribution in [0.25, 0.3) is 11.3 Å². The van der Waals surface area contributed by atoms with Gasteiger partial charge in [-0.3, -0.25) is 24.0 Å². The molecular weight excluding hydrogens is 1030 g/mol. The number of hydrogen-bond acceptors (Lipinski definition) is 16. The van der Waals surface area contributed by atoms with Crippen molar-refractivity contribution in [2.24, 2.45) is 5.92 Å². The number of carbonyl (C=O) groups is 8. The van der Waals surface area contributed by atoms with Gasteiger partial charge in [-0.25, -0.2) is 14.4 Å². The molecule has 3 N–H and O–H groups in total. The third kappa shape index (κ3) is 17.8. The summed E-state index contributed by atoms with van der Waals surface area (Å²) in [5, 5.41) is 8.71. The van der Waals surface area contributed by atoms with Crippen LogP contribution >= 0.6 is 0 Å². The van der Waals surface area contributed by atoms with E-state index in [1.54, 1.807) is 85.8 Å². The lowest BCUT2D eigenvalue weighted by molar-refractivity contribution is -0.171. The lowest BCUT2D eigenvalue weighted by Crippen LogP contribution is -2.49. The number of nitrogens with one attached hydrogen (secondary N) is 3. The molecule has 1 aromatic heterocycles. The Bertz CT molecular complexity index is 3020. The molecule has 2 unspecified atom stereocenters. The molecule has 420 valence electrons. The lowest BCUT2D eigenvalue weighted by Gasteiger charge is -2.32. The second kappa shape index (κ2) is 31.1. The minimum absolute atomic E-state index is 0.0249. The van der Waals surface area contributed by atoms with E-state index in [0.29, 0.717) is 36.1 Å². The van der Waals surface area contributed by atoms with Gasteiger partial charge >= 0.3 is 23.9 Å². The smallest absolute Gasteiger partial charge is 0.366 e. The van der Waals surface area contributed by atoms with Gasteiger partial charge in [-0.15, -0.1) is 0 Å². The van der Waals surface area contributed by atoms with Crippen LogP contribution in [0, 0.1) is 5.92 Å². The first-order chi connectivity index (χ1) is 38.8. The molecule has 0 radical (unpaired) electrons. The molecule has 20 heteroatoms. The number of nitrogens with zero attached hydrogens (tertiary/aromatic N) is 1. The van der Waals surface area contributed by atoms with E-state index in [4.69, 9.17) is 37.7 Å². The predicted molar refractivity (Wildman–Crippen MR) is 289 cm³/mol. The van der Waals surface area contributed by atoms with Gasteiger partial charge in [0.15, 0.2) is 12.4 Å². The Morgan fingerprint density at radius 2 is 1.26 bits per heavy atom. The quantitative estimate of drug-likeness (QED) is 0.00929. The summed E-state index contributed by atoms with van der Waals surface area (Å²) < 4.78 is 38.8. The highest BCUT2D eigenvalue weighted by Crippen LogP contribution is 2.31. The van der Waals surface area contributed by atoms with Gasteiger partial charge in [0.1, 0.15) is 54.4 Å². The molecule has 0 saturated heterocycles. The van der Waals surface area contributed by atoms with Gasteiger partial charge in [0.2, 0.25) is 12.3 Å². The van der Waals surface area contributed by atoms with Gasteiger partial charge < -0.3 is 53.6 Å². The molecule has 0 aliphatic rings. The Hall–Kier alpha value is -9.46. The average Bonchev–Trinajstić information content (AvgIpc) is 4.00. The molecule has 4 amide bonds. The van der Waals surface area contributed by atoms with Gasteiger partial charge in [-0.2, -0.15) is 5.06 Å². The van der Waals surface area contributed by atoms with Gasteiger partial charge in [0, 0.05) is 11.6 Å². The Morgan fingerprint density at radius 3 is 1.86 bits per heavy atom. The van der Waals surface area contributed by atoms with Crippen LogP contribution in [0.3, 0.4) is 0 Å². The molecule has 3 atom stereocenters. The predicted octanol–water partition coefficient (Wildman–Crippen LogP) is 8.07. The number of benzene rings is 5. The van der Waals surface area contributed by atoms with E-state index < -0.39 is 72.6 Å². The van der Waals surface area contributed by atoms with Crippen LogP contribution < -0.4 is 30.2 Å². The zero-order valence-electron chi connectivity index (χ0n) is 44.8. The highest BCUT2D eigenvalue weighted by atomic mass is 16.7. The van der Waals surface area contributed by atoms with Crippen molar-refractivity contribution in [3.63, 3.8) is 0 Å². The first kappa shape index (κ1) is 59.8. The second-order valence-corrected chi connectivity index (χ2v) is 18.0. The molecule has 1 heterocycles. The highest BCUT2D eigenvalue weighted by molar-refractivity contribution is 6.00. The van der Waals surface area contributed by atoms with Crippen LogP contribution in [0.5, 0.6) is 17.2 Å². The number of furan rings is 1. The Balaban J connectivity index is 1.16. The van der Waals surface area contributed by atoms with Crippen LogP contribution in [0.4, 0.5) is 0 Å². The summed E-state index contributed by atoms with van der Waals surface area (Å²) in [6, 6.07) is 35.8. The molecule has 5 aromatic carbocycles. The second-order valence-electron chi connectivity index (χ2n) is 18.0. The third-order valence-electron chi connectivity index (χ3n) is 12.5. The number of hydrogen-bond donors (Lipinski definition) is 3. The molecule has 6 rings (SSSR count). The minimum Gasteiger partial charge on any atom is -0.497 e. The average molecular weight is 1100 g/mol. The normalized spacial score (nSPS) is 11.8. The van der Waals surface area contributed by atoms with Crippen molar-refractivity contribution >= 4 is 48.0 Å². The molecule has 20 nitrogen and oxygen atoms in total. The molecule has 0 bridgehead atoms. The van der Waals surface area contributed by atoms with Crippen LogP contribution in [0.15, 0.2) is 144 Å². The van der Waals surface area contributed by atoms with Gasteiger partial charge in [-0.1, -0.05) is 130 Å². The van der Waals surface area contributed by atoms with E-state index >= 15 is 0 Å². The fraction of sp³-hybridized carbons (Fsp3) is 0.300. The summed E-state index contributed by atoms with van der Waals surface area (Å²) in [4.78, 5) is 113. The van der Waals surface area contributed by atoms with Crippen molar-refractivity contribution in [3.8, 4) is 28.6 Å². The molecular formula is C60H64N4O16. The minimum atomic E-state index is -1.53. The van der Waals surface area contributed by atoms with E-state index in [1.807, 2.05) is 19.1 Å². The number of carbonyl (C=O) groups excluding carboxylic acids is 8. The van der Waals surface area contributed by atoms with Gasteiger partial charge in [0.05, 0.1) is 44.8 Å². The Morgan fingerprint density at radius 1 is 0.637 bits per heavy atom. The first-order valence-corrected chi connectivity index (χ1v) is 25.9. The topological polar surface area (TPSA) is 254 Å². The fourth-order valence-electron chi connectivity index (χ4n) is 8.20. The molecule has 80 heavy (non-hydrogen) atoms. The number of ether oxygens (including phenoxy) is 6. The van der Waals surface area contributed by atoms with Gasteiger partial charge in [0.25, 0.3) is 11.8 Å². The summed E-state index contributed by atoms with van der Waals surface area (Å²) in [7, 11) is 2.83. The number of hydroxylamine groups is 2. The van der Waals surface area contributed by atoms with Gasteiger partial charge in [-0.05, 0) is 65.9 Å². The molecule has 6 aromatic rings. The Labute approximate surface area is 462 Å². The zero-order chi connectivity index (χ0) is 57.2. The number of methoxy groups -OCH3 is 2. The largest absolute Gasteiger partial charge is 0.497 e. The van der Waals surface area contributed by atoms with Crippen LogP contribution in [-0.2, 0) is 62.8 Å². The zero-order valence-corrected chi connectivity index (χ0v) is 44.8. The monoisotopic (exact) mass is 1100 g/mol. The summed E-state index contributed by atoms with van der Waals surface area (Å²) in [5.41, 5.74) is 2.24. The van der Waals surface area contributed by atoms with Crippen LogP contribution in [0.1, 0.15) is 100 Å². The number of amides is 4. The van der Waals surface area contributed by atoms with E-state index in [9.17, 15) is 38.4 Å². The Kier molecular flexibility index (Phi) is 23.2. The maximum Gasteiger partial charge on any atom is 0.366 e. The first-order valence-electron chi connectivity index (χ1n) is 25.9. The number of esters is 3. The summed E-state index contributed by atoms with van der Waals surface area (Å²) in [6.45, 7) is 2.45. The maximum absolute atomic E-state index is 14.2. The van der Waals surface area contributed by atoms with E-state index in [-0.39, 0.29) is 72.6 Å². The molecule has 0 fully saturated rings. The van der Waals surface area contributed by atoms with Crippen molar-refractivity contribution in [2.75, 3.05) is 27.5 Å². The van der Waals surface area contributed by atoms with Crippen LogP contribution in [-0.4, -0.2) is 92.7 Å². The maximum atomic E-state index is 14.2. The SMILES string of the molecule is CCCCCC(C(=O)NCNC(=O)c1ccc(-c2ccc(C(=O)NC(CC(=O)OCc3ccccc3)C(=O)OCc3ccccc3)c(OCC(=O)OCc3ccccc3)c2)o1)[C@@H](CC)N(C=O)OC(=O)c1ccc(OC)cc1OC. The van der Waals surface area contributed by atoms with Crippen molar-refractivity contribution in [1.29, 1.82) is 0 Å². The summed E-state index contributed by atoms with van der Waals surface area (Å²) in [6.07, 6.45) is 2.55. The van der Waals surface area contributed by atoms with E-state index in [1.165, 1.54) is 62.8 Å². The van der Waals surface area contributed by atoms with Crippen molar-refractivity contribution in [2.45, 2.75) is 84.3 Å². The van der Waals surface area contributed by atoms with Crippen molar-refractivity contribution in [1.82, 2.24) is 21.0 Å².